The minimum absolute atomic E-state index is 0.0851. The zero-order chi connectivity index (χ0) is 15.9. The predicted octanol–water partition coefficient (Wildman–Crippen LogP) is 2.21. The van der Waals surface area contributed by atoms with Gasteiger partial charge < -0.3 is 15.0 Å². The van der Waals surface area contributed by atoms with Crippen LogP contribution < -0.4 is 5.32 Å². The van der Waals surface area contributed by atoms with Gasteiger partial charge in [-0.25, -0.2) is 8.78 Å². The third-order valence-corrected chi connectivity index (χ3v) is 5.04. The molecule has 0 spiro atoms. The molecule has 124 valence electrons. The molecule has 2 saturated heterocycles. The van der Waals surface area contributed by atoms with Crippen LogP contribution in [0.25, 0.3) is 10.9 Å². The van der Waals surface area contributed by atoms with E-state index in [0.717, 1.165) is 29.6 Å². The number of H-pyrrole nitrogens is 1. The standard InChI is InChI=1S/C17H21F2N3O/c18-13-1-2-16-15(5-13)12(7-21-16)6-20-9-17(10-23-11-17)22-4-3-14(19)8-22/h1-2,5,7,14,20-21H,3-4,6,8-11H2. The molecule has 2 N–H and O–H groups in total. The Balaban J connectivity index is 1.41. The Kier molecular flexibility index (Phi) is 3.83. The normalized spacial score (nSPS) is 24.2. The van der Waals surface area contributed by atoms with Gasteiger partial charge >= 0.3 is 0 Å². The van der Waals surface area contributed by atoms with Crippen LogP contribution in [0.4, 0.5) is 8.78 Å². The number of ether oxygens (including phenoxy) is 1. The third kappa shape index (κ3) is 2.75. The Bertz CT molecular complexity index is 698. The van der Waals surface area contributed by atoms with Crippen molar-refractivity contribution in [2.24, 2.45) is 0 Å². The average molecular weight is 321 g/mol. The lowest BCUT2D eigenvalue weighted by Gasteiger charge is -2.48. The summed E-state index contributed by atoms with van der Waals surface area (Å²) in [6.07, 6.45) is 1.81. The lowest BCUT2D eigenvalue weighted by molar-refractivity contribution is -0.133. The molecule has 3 heterocycles. The summed E-state index contributed by atoms with van der Waals surface area (Å²) in [7, 11) is 0. The molecule has 0 amide bonds. The van der Waals surface area contributed by atoms with Gasteiger partial charge in [0.15, 0.2) is 0 Å². The number of nitrogens with one attached hydrogen (secondary N) is 2. The first-order valence-corrected chi connectivity index (χ1v) is 8.09. The van der Waals surface area contributed by atoms with E-state index in [0.29, 0.717) is 32.7 Å². The molecular weight excluding hydrogens is 300 g/mol. The van der Waals surface area contributed by atoms with Crippen molar-refractivity contribution in [3.8, 4) is 0 Å². The van der Waals surface area contributed by atoms with Crippen LogP contribution in [0.3, 0.4) is 0 Å². The number of fused-ring (bicyclic) bond motifs is 1. The van der Waals surface area contributed by atoms with Gasteiger partial charge in [0.1, 0.15) is 12.0 Å². The van der Waals surface area contributed by atoms with Crippen LogP contribution in [-0.2, 0) is 11.3 Å². The first kappa shape index (κ1) is 15.1. The number of aromatic nitrogens is 1. The maximum absolute atomic E-state index is 13.5. The first-order chi connectivity index (χ1) is 11.2. The average Bonchev–Trinajstić information content (AvgIpc) is 3.09. The van der Waals surface area contributed by atoms with Gasteiger partial charge in [-0.15, -0.1) is 0 Å². The molecule has 2 fully saturated rings. The van der Waals surface area contributed by atoms with Crippen molar-refractivity contribution in [3.05, 3.63) is 35.8 Å². The highest BCUT2D eigenvalue weighted by Crippen LogP contribution is 2.29. The number of alkyl halides is 1. The summed E-state index contributed by atoms with van der Waals surface area (Å²) in [4.78, 5) is 5.37. The molecule has 23 heavy (non-hydrogen) atoms. The SMILES string of the molecule is Fc1ccc2[nH]cc(CNCC3(N4CCC(F)C4)COC3)c2c1. The minimum Gasteiger partial charge on any atom is -0.377 e. The van der Waals surface area contributed by atoms with Crippen molar-refractivity contribution in [2.45, 2.75) is 24.7 Å². The maximum Gasteiger partial charge on any atom is 0.123 e. The van der Waals surface area contributed by atoms with E-state index in [1.54, 1.807) is 12.1 Å². The van der Waals surface area contributed by atoms with E-state index >= 15 is 0 Å². The van der Waals surface area contributed by atoms with Crippen LogP contribution in [0.5, 0.6) is 0 Å². The third-order valence-electron chi connectivity index (χ3n) is 5.04. The molecule has 1 atom stereocenters. The van der Waals surface area contributed by atoms with E-state index in [2.05, 4.69) is 15.2 Å². The van der Waals surface area contributed by atoms with Gasteiger partial charge in [-0.1, -0.05) is 0 Å². The van der Waals surface area contributed by atoms with E-state index in [4.69, 9.17) is 4.74 Å². The second-order valence-corrected chi connectivity index (χ2v) is 6.66. The van der Waals surface area contributed by atoms with Crippen molar-refractivity contribution in [2.75, 3.05) is 32.8 Å². The Labute approximate surface area is 133 Å². The van der Waals surface area contributed by atoms with Crippen LogP contribution >= 0.6 is 0 Å². The molecule has 0 bridgehead atoms. The van der Waals surface area contributed by atoms with Crippen LogP contribution in [0.2, 0.25) is 0 Å². The Morgan fingerprint density at radius 2 is 2.26 bits per heavy atom. The summed E-state index contributed by atoms with van der Waals surface area (Å²) in [6.45, 7) is 4.00. The molecule has 4 rings (SSSR count). The van der Waals surface area contributed by atoms with Crippen molar-refractivity contribution < 1.29 is 13.5 Å². The monoisotopic (exact) mass is 321 g/mol. The molecule has 0 saturated carbocycles. The quantitative estimate of drug-likeness (QED) is 0.887. The summed E-state index contributed by atoms with van der Waals surface area (Å²) in [5, 5.41) is 4.35. The number of likely N-dealkylation sites (tertiary alicyclic amines) is 1. The van der Waals surface area contributed by atoms with E-state index < -0.39 is 6.17 Å². The second kappa shape index (κ2) is 5.85. The number of aromatic amines is 1. The second-order valence-electron chi connectivity index (χ2n) is 6.66. The first-order valence-electron chi connectivity index (χ1n) is 8.09. The highest BCUT2D eigenvalue weighted by Gasteiger charge is 2.46. The van der Waals surface area contributed by atoms with Gasteiger partial charge in [0.2, 0.25) is 0 Å². The summed E-state index contributed by atoms with van der Waals surface area (Å²) in [5.41, 5.74) is 1.89. The molecule has 2 aliphatic heterocycles. The van der Waals surface area contributed by atoms with Crippen LogP contribution in [-0.4, -0.2) is 54.4 Å². The highest BCUT2D eigenvalue weighted by molar-refractivity contribution is 5.83. The number of hydrogen-bond acceptors (Lipinski definition) is 3. The number of hydrogen-bond donors (Lipinski definition) is 2. The lowest BCUT2D eigenvalue weighted by atomic mass is 9.95. The van der Waals surface area contributed by atoms with Gasteiger partial charge in [-0.05, 0) is 30.2 Å². The van der Waals surface area contributed by atoms with E-state index in [-0.39, 0.29) is 11.4 Å². The summed E-state index contributed by atoms with van der Waals surface area (Å²) in [6, 6.07) is 4.76. The van der Waals surface area contributed by atoms with Crippen molar-refractivity contribution in [1.29, 1.82) is 0 Å². The topological polar surface area (TPSA) is 40.3 Å². The molecule has 1 unspecified atom stereocenters. The molecule has 1 aromatic heterocycles. The largest absolute Gasteiger partial charge is 0.377 e. The fraction of sp³-hybridized carbons (Fsp3) is 0.529. The van der Waals surface area contributed by atoms with Crippen molar-refractivity contribution in [1.82, 2.24) is 15.2 Å². The van der Waals surface area contributed by atoms with Crippen LogP contribution in [0.1, 0.15) is 12.0 Å². The van der Waals surface area contributed by atoms with Crippen molar-refractivity contribution >= 4 is 10.9 Å². The van der Waals surface area contributed by atoms with Crippen LogP contribution in [0.15, 0.2) is 24.4 Å². The zero-order valence-corrected chi connectivity index (χ0v) is 12.9. The minimum atomic E-state index is -0.718. The molecule has 6 heteroatoms. The molecule has 4 nitrogen and oxygen atoms in total. The number of nitrogens with zero attached hydrogens (tertiary/aromatic N) is 1. The fourth-order valence-electron chi connectivity index (χ4n) is 3.61. The number of benzene rings is 1. The smallest absolute Gasteiger partial charge is 0.123 e. The molecular formula is C17H21F2N3O. The molecule has 2 aromatic rings. The van der Waals surface area contributed by atoms with Crippen molar-refractivity contribution in [3.63, 3.8) is 0 Å². The zero-order valence-electron chi connectivity index (χ0n) is 12.9. The van der Waals surface area contributed by atoms with Crippen LogP contribution in [0, 0.1) is 5.82 Å². The molecule has 1 aromatic carbocycles. The Morgan fingerprint density at radius 1 is 1.39 bits per heavy atom. The van der Waals surface area contributed by atoms with Gasteiger partial charge in [0.25, 0.3) is 0 Å². The van der Waals surface area contributed by atoms with Gasteiger partial charge in [0, 0.05) is 43.3 Å². The van der Waals surface area contributed by atoms with Gasteiger partial charge in [-0.3, -0.25) is 4.90 Å². The van der Waals surface area contributed by atoms with E-state index in [9.17, 15) is 8.78 Å². The van der Waals surface area contributed by atoms with Gasteiger partial charge in [-0.2, -0.15) is 0 Å². The maximum atomic E-state index is 13.5. The van der Waals surface area contributed by atoms with Gasteiger partial charge in [0.05, 0.1) is 18.8 Å². The summed E-state index contributed by atoms with van der Waals surface area (Å²) < 4.78 is 32.3. The highest BCUT2D eigenvalue weighted by atomic mass is 19.1. The fourth-order valence-corrected chi connectivity index (χ4v) is 3.61. The molecule has 0 aliphatic carbocycles. The predicted molar refractivity (Wildman–Crippen MR) is 84.6 cm³/mol. The Hall–Kier alpha value is -1.50. The summed E-state index contributed by atoms with van der Waals surface area (Å²) >= 11 is 0. The van der Waals surface area contributed by atoms with E-state index in [1.165, 1.54) is 6.07 Å². The Morgan fingerprint density at radius 3 is 2.96 bits per heavy atom. The number of halogens is 2. The molecule has 2 aliphatic rings. The lowest BCUT2D eigenvalue weighted by Crippen LogP contribution is -2.66. The number of rotatable bonds is 5. The summed E-state index contributed by atoms with van der Waals surface area (Å²) in [5.74, 6) is -0.228. The molecule has 0 radical (unpaired) electrons. The van der Waals surface area contributed by atoms with E-state index in [1.807, 2.05) is 6.20 Å².